The Morgan fingerprint density at radius 2 is 2.16 bits per heavy atom. The fourth-order valence-corrected chi connectivity index (χ4v) is 2.99. The van der Waals surface area contributed by atoms with Crippen molar-refractivity contribution >= 4 is 17.7 Å². The maximum Gasteiger partial charge on any atom is 0.253 e. The molecule has 3 nitrogen and oxygen atoms in total. The summed E-state index contributed by atoms with van der Waals surface area (Å²) in [5, 5.41) is 0. The fourth-order valence-electron chi connectivity index (χ4n) is 2.36. The first-order chi connectivity index (χ1) is 9.24. The molecule has 0 aliphatic carbocycles. The topological polar surface area (TPSA) is 46.3 Å². The van der Waals surface area contributed by atoms with Crippen molar-refractivity contribution < 1.29 is 4.79 Å². The number of thioether (sulfide) groups is 1. The highest BCUT2D eigenvalue weighted by Gasteiger charge is 2.25. The average Bonchev–Trinajstić information content (AvgIpc) is 2.94. The van der Waals surface area contributed by atoms with Crippen molar-refractivity contribution in [2.75, 3.05) is 25.4 Å². The van der Waals surface area contributed by atoms with Crippen LogP contribution in [0.4, 0.5) is 0 Å². The molecule has 1 aliphatic rings. The van der Waals surface area contributed by atoms with Gasteiger partial charge in [0, 0.05) is 24.4 Å². The average molecular weight is 278 g/mol. The first kappa shape index (κ1) is 14.4. The highest BCUT2D eigenvalue weighted by atomic mass is 32.2. The Morgan fingerprint density at radius 3 is 2.74 bits per heavy atom. The predicted molar refractivity (Wildman–Crippen MR) is 81.3 cm³/mol. The summed E-state index contributed by atoms with van der Waals surface area (Å²) < 4.78 is 0. The van der Waals surface area contributed by atoms with E-state index in [4.69, 9.17) is 5.73 Å². The van der Waals surface area contributed by atoms with E-state index in [0.29, 0.717) is 12.5 Å². The van der Waals surface area contributed by atoms with Crippen molar-refractivity contribution in [3.8, 4) is 0 Å². The Bertz CT molecular complexity index is 419. The van der Waals surface area contributed by atoms with Gasteiger partial charge in [-0.3, -0.25) is 4.79 Å². The summed E-state index contributed by atoms with van der Waals surface area (Å²) in [7, 11) is 0. The number of nitrogens with two attached hydrogens (primary N) is 1. The van der Waals surface area contributed by atoms with E-state index in [-0.39, 0.29) is 5.91 Å². The van der Waals surface area contributed by atoms with Crippen molar-refractivity contribution in [1.82, 2.24) is 4.90 Å². The van der Waals surface area contributed by atoms with E-state index in [2.05, 4.69) is 19.1 Å². The minimum Gasteiger partial charge on any atom is -0.338 e. The molecule has 0 saturated carbocycles. The van der Waals surface area contributed by atoms with Crippen LogP contribution in [-0.2, 0) is 5.75 Å². The van der Waals surface area contributed by atoms with Crippen LogP contribution in [0.3, 0.4) is 0 Å². The Hall–Kier alpha value is -1.00. The van der Waals surface area contributed by atoms with Crippen LogP contribution >= 0.6 is 11.8 Å². The van der Waals surface area contributed by atoms with Gasteiger partial charge in [0.1, 0.15) is 0 Å². The van der Waals surface area contributed by atoms with Gasteiger partial charge in [-0.2, -0.15) is 11.8 Å². The van der Waals surface area contributed by atoms with Crippen molar-refractivity contribution in [2.24, 2.45) is 11.7 Å². The number of benzene rings is 1. The minimum absolute atomic E-state index is 0.144. The van der Waals surface area contributed by atoms with E-state index in [1.54, 1.807) is 0 Å². The molecule has 104 valence electrons. The third-order valence-electron chi connectivity index (χ3n) is 3.58. The van der Waals surface area contributed by atoms with Gasteiger partial charge in [-0.05, 0) is 42.3 Å². The summed E-state index contributed by atoms with van der Waals surface area (Å²) in [6.07, 6.45) is 1.04. The lowest BCUT2D eigenvalue weighted by atomic mass is 10.1. The minimum atomic E-state index is 0.144. The third-order valence-corrected chi connectivity index (χ3v) is 4.53. The standard InChI is InChI=1S/C15H22N2OS/c1-2-19-11-12-3-5-14(6-4-12)15(18)17-8-7-13(9-16)10-17/h3-6,13H,2,7-11,16H2,1H3. The second-order valence-electron chi connectivity index (χ2n) is 4.98. The lowest BCUT2D eigenvalue weighted by molar-refractivity contribution is 0.0787. The predicted octanol–water partition coefficient (Wildman–Crippen LogP) is 2.36. The van der Waals surface area contributed by atoms with Gasteiger partial charge < -0.3 is 10.6 Å². The number of nitrogens with zero attached hydrogens (tertiary/aromatic N) is 1. The van der Waals surface area contributed by atoms with Crippen LogP contribution in [0.15, 0.2) is 24.3 Å². The Balaban J connectivity index is 1.96. The van der Waals surface area contributed by atoms with E-state index in [1.807, 2.05) is 28.8 Å². The molecule has 1 atom stereocenters. The smallest absolute Gasteiger partial charge is 0.253 e. The second-order valence-corrected chi connectivity index (χ2v) is 6.25. The van der Waals surface area contributed by atoms with Crippen LogP contribution in [0, 0.1) is 5.92 Å². The van der Waals surface area contributed by atoms with Crippen LogP contribution in [0.25, 0.3) is 0 Å². The summed E-state index contributed by atoms with van der Waals surface area (Å²) in [6, 6.07) is 8.02. The van der Waals surface area contributed by atoms with Crippen LogP contribution in [-0.4, -0.2) is 36.2 Å². The molecule has 1 heterocycles. The first-order valence-electron chi connectivity index (χ1n) is 6.90. The van der Waals surface area contributed by atoms with Crippen LogP contribution < -0.4 is 5.73 Å². The molecule has 2 rings (SSSR count). The zero-order chi connectivity index (χ0) is 13.7. The van der Waals surface area contributed by atoms with Gasteiger partial charge in [-0.15, -0.1) is 0 Å². The lowest BCUT2D eigenvalue weighted by Gasteiger charge is -2.16. The molecule has 2 N–H and O–H groups in total. The monoisotopic (exact) mass is 278 g/mol. The summed E-state index contributed by atoms with van der Waals surface area (Å²) in [6.45, 7) is 4.48. The van der Waals surface area contributed by atoms with Crippen LogP contribution in [0.1, 0.15) is 29.3 Å². The number of hydrogen-bond acceptors (Lipinski definition) is 3. The number of likely N-dealkylation sites (tertiary alicyclic amines) is 1. The SMILES string of the molecule is CCSCc1ccc(C(=O)N2CCC(CN)C2)cc1. The van der Waals surface area contributed by atoms with Gasteiger partial charge in [-0.25, -0.2) is 0 Å². The fraction of sp³-hybridized carbons (Fsp3) is 0.533. The third kappa shape index (κ3) is 3.74. The second kappa shape index (κ2) is 6.96. The number of hydrogen-bond donors (Lipinski definition) is 1. The summed E-state index contributed by atoms with van der Waals surface area (Å²) >= 11 is 1.89. The van der Waals surface area contributed by atoms with Crippen molar-refractivity contribution in [1.29, 1.82) is 0 Å². The van der Waals surface area contributed by atoms with E-state index in [1.165, 1.54) is 5.56 Å². The molecule has 0 radical (unpaired) electrons. The number of amides is 1. The molecular weight excluding hydrogens is 256 g/mol. The maximum atomic E-state index is 12.3. The Labute approximate surface area is 119 Å². The van der Waals surface area contributed by atoms with E-state index >= 15 is 0 Å². The molecule has 1 aromatic rings. The zero-order valence-corrected chi connectivity index (χ0v) is 12.3. The summed E-state index contributed by atoms with van der Waals surface area (Å²) in [5.41, 5.74) is 7.74. The molecular formula is C15H22N2OS. The van der Waals surface area contributed by atoms with Gasteiger partial charge in [0.05, 0.1) is 0 Å². The highest BCUT2D eigenvalue weighted by molar-refractivity contribution is 7.98. The number of carbonyl (C=O) groups is 1. The first-order valence-corrected chi connectivity index (χ1v) is 8.06. The highest BCUT2D eigenvalue weighted by Crippen LogP contribution is 2.19. The molecule has 1 amide bonds. The number of carbonyl (C=O) groups excluding carboxylic acids is 1. The molecule has 1 unspecified atom stereocenters. The van der Waals surface area contributed by atoms with Crippen molar-refractivity contribution in [2.45, 2.75) is 19.1 Å². The van der Waals surface area contributed by atoms with Gasteiger partial charge in [0.25, 0.3) is 5.91 Å². The molecule has 4 heteroatoms. The van der Waals surface area contributed by atoms with Gasteiger partial charge in [0.2, 0.25) is 0 Å². The quantitative estimate of drug-likeness (QED) is 0.899. The molecule has 1 fully saturated rings. The van der Waals surface area contributed by atoms with Crippen molar-refractivity contribution in [3.05, 3.63) is 35.4 Å². The molecule has 19 heavy (non-hydrogen) atoms. The largest absolute Gasteiger partial charge is 0.338 e. The van der Waals surface area contributed by atoms with Gasteiger partial charge >= 0.3 is 0 Å². The molecule has 1 aliphatic heterocycles. The molecule has 1 aromatic carbocycles. The summed E-state index contributed by atoms with van der Waals surface area (Å²) in [4.78, 5) is 14.2. The Kier molecular flexibility index (Phi) is 5.28. The lowest BCUT2D eigenvalue weighted by Crippen LogP contribution is -2.29. The maximum absolute atomic E-state index is 12.3. The van der Waals surface area contributed by atoms with Crippen LogP contribution in [0.5, 0.6) is 0 Å². The van der Waals surface area contributed by atoms with Gasteiger partial charge in [-0.1, -0.05) is 19.1 Å². The van der Waals surface area contributed by atoms with E-state index < -0.39 is 0 Å². The molecule has 0 aromatic heterocycles. The molecule has 0 bridgehead atoms. The summed E-state index contributed by atoms with van der Waals surface area (Å²) in [5.74, 6) is 2.76. The van der Waals surface area contributed by atoms with Crippen molar-refractivity contribution in [3.63, 3.8) is 0 Å². The number of rotatable bonds is 5. The normalized spacial score (nSPS) is 18.8. The van der Waals surface area contributed by atoms with Gasteiger partial charge in [0.15, 0.2) is 0 Å². The van der Waals surface area contributed by atoms with E-state index in [0.717, 1.165) is 36.6 Å². The molecule has 0 spiro atoms. The van der Waals surface area contributed by atoms with E-state index in [9.17, 15) is 4.79 Å². The zero-order valence-electron chi connectivity index (χ0n) is 11.5. The molecule has 1 saturated heterocycles. The van der Waals surface area contributed by atoms with Crippen LogP contribution in [0.2, 0.25) is 0 Å². The Morgan fingerprint density at radius 1 is 1.42 bits per heavy atom.